The number of rotatable bonds is 20. The molecular weight excluding hydrogens is 1500 g/mol. The molecule has 18 heteroatoms. The number of nitrogens with zero attached hydrogens (tertiary/aromatic N) is 4. The van der Waals surface area contributed by atoms with Crippen molar-refractivity contribution in [3.05, 3.63) is 309 Å². The van der Waals surface area contributed by atoms with Crippen LogP contribution in [0.15, 0.2) is 240 Å². The highest BCUT2D eigenvalue weighted by atomic mass is 16.5. The van der Waals surface area contributed by atoms with Gasteiger partial charge in [-0.25, -0.2) is 0 Å². The van der Waals surface area contributed by atoms with Crippen molar-refractivity contribution in [1.82, 2.24) is 19.8 Å². The molecule has 19 rings (SSSR count). The number of aryl methyl sites for hydroxylation is 4. The number of pyridine rings is 2. The minimum atomic E-state index is -1.70. The average molecular weight is 1580 g/mol. The Labute approximate surface area is 690 Å². The maximum atomic E-state index is 17.1. The highest BCUT2D eigenvalue weighted by molar-refractivity contribution is 6.45. The van der Waals surface area contributed by atoms with Gasteiger partial charge in [-0.1, -0.05) is 177 Å². The van der Waals surface area contributed by atoms with Gasteiger partial charge in [0.25, 0.3) is 35.4 Å². The normalized spacial score (nSPS) is 13.5. The Bertz CT molecular complexity index is 6550. The van der Waals surface area contributed by atoms with E-state index in [4.69, 9.17) is 27.8 Å². The van der Waals surface area contributed by atoms with Crippen LogP contribution in [0.5, 0.6) is 46.0 Å². The smallest absolute Gasteiger partial charge is 0.262 e. The standard InChI is InChI=1S/C102H82N6O12/c1-51(2)59-31-35-75(55(9)41-59)115-81-45-69-85-70(100(112)107(99(69)111)93(63-21-19-39-103-49-63)97(109)105-73-27-17-25-67-65-23-13-15-29-79(65)119-95(67)73)47-83(117-77-37-33-61(53(5)6)43-57(77)11)89-90-84(118-78-38-34-62(54(7)8)44-58(78)12)48-72-86-71(46-82(88(92(86)90)87(81)91(85)89)116-76-36-32-60(52(3)4)42-56(76)10)101(113)108(102(72)114)94(64-22-20-40-104-50-64)98(110)106-74-28-18-26-68-66-24-14-16-30-80(66)120-96(68)74/h13-54,93-94H,1-12H3,(H,105,109)(H,106,110). The Hall–Kier alpha value is -14.5. The van der Waals surface area contributed by atoms with Crippen LogP contribution in [0.2, 0.25) is 0 Å². The van der Waals surface area contributed by atoms with E-state index in [9.17, 15) is 0 Å². The second kappa shape index (κ2) is 29.3. The van der Waals surface area contributed by atoms with Gasteiger partial charge >= 0.3 is 0 Å². The summed E-state index contributed by atoms with van der Waals surface area (Å²) in [4.78, 5) is 111. The molecule has 2 aliphatic rings. The molecule has 0 bridgehead atoms. The number of aromatic nitrogens is 2. The first-order chi connectivity index (χ1) is 58.0. The van der Waals surface area contributed by atoms with E-state index in [2.05, 4.69) is 76.0 Å². The van der Waals surface area contributed by atoms with Crippen LogP contribution < -0.4 is 29.6 Å². The summed E-state index contributed by atoms with van der Waals surface area (Å²) in [5.41, 5.74) is 9.79. The second-order valence-corrected chi connectivity index (χ2v) is 32.7. The lowest BCUT2D eigenvalue weighted by molar-refractivity contribution is -0.120. The third kappa shape index (κ3) is 12.4. The van der Waals surface area contributed by atoms with Gasteiger partial charge in [0.05, 0.1) is 33.6 Å². The molecule has 6 heterocycles. The third-order valence-corrected chi connectivity index (χ3v) is 23.6. The van der Waals surface area contributed by atoms with E-state index in [1.165, 1.54) is 12.4 Å². The number of carbonyl (C=O) groups excluding carboxylic acids is 6. The van der Waals surface area contributed by atoms with Crippen LogP contribution in [0.3, 0.4) is 0 Å². The van der Waals surface area contributed by atoms with Gasteiger partial charge in [-0.2, -0.15) is 0 Å². The number of ether oxygens (including phenoxy) is 4. The van der Waals surface area contributed by atoms with Crippen LogP contribution in [-0.2, 0) is 9.59 Å². The molecule has 120 heavy (non-hydrogen) atoms. The summed E-state index contributed by atoms with van der Waals surface area (Å²) >= 11 is 0. The largest absolute Gasteiger partial charge is 0.456 e. The van der Waals surface area contributed by atoms with Gasteiger partial charge < -0.3 is 38.4 Å². The van der Waals surface area contributed by atoms with E-state index < -0.39 is 47.5 Å². The fourth-order valence-corrected chi connectivity index (χ4v) is 17.4. The maximum absolute atomic E-state index is 17.1. The van der Waals surface area contributed by atoms with E-state index >= 15 is 28.8 Å². The SMILES string of the molecule is Cc1cc(C(C)C)ccc1Oc1cc2c3c(cc(Oc4ccc(C(C)C)cc4C)c4c5c(Oc6ccc(C(C)C)cc6C)cc6c7c(cc(Oc8ccc(C(C)C)cc8C)c(c1c34)c75)C(=O)N(C(C(=O)Nc1cccc3c1oc1ccccc13)c1cccnc1)C6=O)C(=O)N(C(C(=O)Nc1cccc3c1oc1ccccc13)c1cccnc1)C2=O. The molecule has 13 aromatic carbocycles. The summed E-state index contributed by atoms with van der Waals surface area (Å²) < 4.78 is 43.3. The molecule has 0 spiro atoms. The third-order valence-electron chi connectivity index (χ3n) is 23.6. The van der Waals surface area contributed by atoms with Gasteiger partial charge in [0.2, 0.25) is 0 Å². The Balaban J connectivity index is 0.938. The first-order valence-corrected chi connectivity index (χ1v) is 40.4. The monoisotopic (exact) mass is 1580 g/mol. The van der Waals surface area contributed by atoms with E-state index in [-0.39, 0.29) is 135 Å². The molecule has 2 atom stereocenters. The summed E-state index contributed by atoms with van der Waals surface area (Å²) in [6.07, 6.45) is 6.00. The molecule has 0 saturated carbocycles. The Morgan fingerprint density at radius 2 is 0.617 bits per heavy atom. The lowest BCUT2D eigenvalue weighted by Crippen LogP contribution is -2.47. The quantitative estimate of drug-likeness (QED) is 0.0412. The number of furan rings is 2. The Kier molecular flexibility index (Phi) is 18.4. The fourth-order valence-electron chi connectivity index (χ4n) is 17.4. The number of anilines is 2. The number of fused-ring (bicyclic) bond motifs is 8. The number of amides is 6. The Morgan fingerprint density at radius 1 is 0.317 bits per heavy atom. The molecule has 0 aliphatic carbocycles. The fraction of sp³-hybridized carbons (Fsp3) is 0.176. The lowest BCUT2D eigenvalue weighted by atomic mass is 9.80. The first-order valence-electron chi connectivity index (χ1n) is 40.4. The van der Waals surface area contributed by atoms with Crippen molar-refractivity contribution < 1.29 is 56.5 Å². The molecule has 17 aromatic rings. The van der Waals surface area contributed by atoms with Crippen LogP contribution in [0.1, 0.15) is 188 Å². The molecule has 2 N–H and O–H groups in total. The van der Waals surface area contributed by atoms with Gasteiger partial charge in [-0.15, -0.1) is 0 Å². The summed E-state index contributed by atoms with van der Waals surface area (Å²) in [6.45, 7) is 24.6. The van der Waals surface area contributed by atoms with Crippen LogP contribution in [0.25, 0.3) is 87.0 Å². The number of hydrogen-bond acceptors (Lipinski definition) is 14. The summed E-state index contributed by atoms with van der Waals surface area (Å²) in [5.74, 6) is -2.75. The van der Waals surface area contributed by atoms with E-state index in [0.717, 1.165) is 75.9 Å². The number of imide groups is 2. The van der Waals surface area contributed by atoms with Crippen molar-refractivity contribution in [2.24, 2.45) is 0 Å². The lowest BCUT2D eigenvalue weighted by Gasteiger charge is -2.36. The zero-order valence-electron chi connectivity index (χ0n) is 68.1. The number of carbonyl (C=O) groups is 6. The highest BCUT2D eigenvalue weighted by Gasteiger charge is 2.48. The molecular formula is C102H82N6O12. The summed E-state index contributed by atoms with van der Waals surface area (Å²) in [5, 5.41) is 11.2. The van der Waals surface area contributed by atoms with Crippen LogP contribution in [0.4, 0.5) is 11.4 Å². The maximum Gasteiger partial charge on any atom is 0.262 e. The van der Waals surface area contributed by atoms with Gasteiger partial charge in [-0.3, -0.25) is 48.5 Å². The summed E-state index contributed by atoms with van der Waals surface area (Å²) in [6, 6.07) is 59.2. The molecule has 0 radical (unpaired) electrons. The second-order valence-electron chi connectivity index (χ2n) is 32.7. The molecule has 0 fully saturated rings. The minimum Gasteiger partial charge on any atom is -0.456 e. The van der Waals surface area contributed by atoms with Crippen molar-refractivity contribution >= 4 is 134 Å². The first kappa shape index (κ1) is 75.5. The highest BCUT2D eigenvalue weighted by Crippen LogP contribution is 2.59. The average Bonchev–Trinajstić information content (AvgIpc) is 0.785. The van der Waals surface area contributed by atoms with E-state index in [1.807, 2.05) is 161 Å². The van der Waals surface area contributed by atoms with Gasteiger partial charge in [0, 0.05) is 101 Å². The number of para-hydroxylation sites is 4. The number of benzene rings is 13. The molecule has 592 valence electrons. The van der Waals surface area contributed by atoms with Crippen LogP contribution in [0, 0.1) is 27.7 Å². The molecule has 6 amide bonds. The predicted molar refractivity (Wildman–Crippen MR) is 469 cm³/mol. The van der Waals surface area contributed by atoms with Crippen molar-refractivity contribution in [2.75, 3.05) is 10.6 Å². The molecule has 0 saturated heterocycles. The molecule has 18 nitrogen and oxygen atoms in total. The number of hydrogen-bond donors (Lipinski definition) is 2. The predicted octanol–water partition coefficient (Wildman–Crippen LogP) is 25.2. The Morgan fingerprint density at radius 3 is 0.900 bits per heavy atom. The molecule has 4 aromatic heterocycles. The van der Waals surface area contributed by atoms with E-state index in [1.54, 1.807) is 85.2 Å². The number of nitrogens with one attached hydrogen (secondary N) is 2. The van der Waals surface area contributed by atoms with Crippen LogP contribution >= 0.6 is 0 Å². The molecule has 2 aliphatic heterocycles. The van der Waals surface area contributed by atoms with Crippen molar-refractivity contribution in [3.63, 3.8) is 0 Å². The zero-order valence-corrected chi connectivity index (χ0v) is 68.1. The van der Waals surface area contributed by atoms with E-state index in [0.29, 0.717) is 45.3 Å². The topological polar surface area (TPSA) is 222 Å². The zero-order chi connectivity index (χ0) is 83.1. The van der Waals surface area contributed by atoms with Crippen molar-refractivity contribution in [3.8, 4) is 46.0 Å². The minimum absolute atomic E-state index is 0.0438. The van der Waals surface area contributed by atoms with Crippen molar-refractivity contribution in [2.45, 2.75) is 119 Å². The van der Waals surface area contributed by atoms with Crippen molar-refractivity contribution in [1.29, 1.82) is 0 Å². The van der Waals surface area contributed by atoms with Crippen LogP contribution in [-0.4, -0.2) is 55.2 Å². The summed E-state index contributed by atoms with van der Waals surface area (Å²) in [7, 11) is 0. The van der Waals surface area contributed by atoms with Gasteiger partial charge in [-0.05, 0) is 181 Å². The van der Waals surface area contributed by atoms with Gasteiger partial charge in [0.15, 0.2) is 11.2 Å². The van der Waals surface area contributed by atoms with Gasteiger partial charge in [0.1, 0.15) is 69.2 Å². The molecule has 2 unspecified atom stereocenters.